The molecule has 2 heterocycles. The van der Waals surface area contributed by atoms with Gasteiger partial charge >= 0.3 is 19.2 Å². The summed E-state index contributed by atoms with van der Waals surface area (Å²) < 4.78 is 36.1. The second-order valence-corrected chi connectivity index (χ2v) is 5.96. The first-order chi connectivity index (χ1) is 13.6. The predicted molar refractivity (Wildman–Crippen MR) is 93.4 cm³/mol. The van der Waals surface area contributed by atoms with E-state index in [4.69, 9.17) is 33.1 Å². The van der Waals surface area contributed by atoms with Crippen molar-refractivity contribution in [1.29, 1.82) is 0 Å². The minimum absolute atomic E-state index is 0.000479. The Labute approximate surface area is 161 Å². The van der Waals surface area contributed by atoms with Crippen molar-refractivity contribution in [1.82, 2.24) is 0 Å². The largest absolute Gasteiger partial charge is 0.563 e. The van der Waals surface area contributed by atoms with Gasteiger partial charge in [-0.1, -0.05) is 0 Å². The van der Waals surface area contributed by atoms with Crippen LogP contribution in [0.25, 0.3) is 0 Å². The van der Waals surface area contributed by atoms with E-state index in [1.807, 2.05) is 0 Å². The number of fused-ring (bicyclic) bond motifs is 1. The average molecular weight is 396 g/mol. The van der Waals surface area contributed by atoms with Crippen molar-refractivity contribution < 1.29 is 47.7 Å². The SMILES string of the molecule is CCOc1ccc2c(c1C(=O)OCOC(=O)OC1CCOCC1)OB(O)CO2. The zero-order chi connectivity index (χ0) is 19.9. The van der Waals surface area contributed by atoms with Gasteiger partial charge < -0.3 is 38.1 Å². The Kier molecular flexibility index (Phi) is 6.83. The highest BCUT2D eigenvalue weighted by Gasteiger charge is 2.32. The van der Waals surface area contributed by atoms with Crippen LogP contribution in [-0.2, 0) is 18.9 Å². The fourth-order valence-corrected chi connectivity index (χ4v) is 2.74. The maximum absolute atomic E-state index is 12.5. The minimum Gasteiger partial charge on any atom is -0.531 e. The first kappa shape index (κ1) is 20.1. The summed E-state index contributed by atoms with van der Waals surface area (Å²) in [6.45, 7) is 2.34. The van der Waals surface area contributed by atoms with Gasteiger partial charge in [0.25, 0.3) is 0 Å². The van der Waals surface area contributed by atoms with E-state index in [9.17, 15) is 14.6 Å². The number of esters is 1. The van der Waals surface area contributed by atoms with Crippen LogP contribution in [0.4, 0.5) is 4.79 Å². The number of hydrogen-bond donors (Lipinski definition) is 1. The van der Waals surface area contributed by atoms with Crippen LogP contribution in [0.1, 0.15) is 30.1 Å². The highest BCUT2D eigenvalue weighted by Crippen LogP contribution is 2.40. The number of carbonyl (C=O) groups is 2. The summed E-state index contributed by atoms with van der Waals surface area (Å²) in [7, 11) is -1.23. The molecule has 10 nitrogen and oxygen atoms in total. The average Bonchev–Trinajstić information content (AvgIpc) is 2.68. The number of rotatable bonds is 6. The molecule has 1 fully saturated rings. The molecule has 1 aromatic carbocycles. The third kappa shape index (κ3) is 4.99. The molecule has 0 unspecified atom stereocenters. The maximum Gasteiger partial charge on any atom is 0.563 e. The van der Waals surface area contributed by atoms with Crippen LogP contribution in [0, 0.1) is 0 Å². The Bertz CT molecular complexity index is 703. The van der Waals surface area contributed by atoms with Crippen molar-refractivity contribution >= 4 is 19.2 Å². The van der Waals surface area contributed by atoms with Crippen molar-refractivity contribution in [2.45, 2.75) is 25.9 Å². The molecule has 11 heteroatoms. The van der Waals surface area contributed by atoms with Gasteiger partial charge in [-0.2, -0.15) is 0 Å². The smallest absolute Gasteiger partial charge is 0.531 e. The van der Waals surface area contributed by atoms with Gasteiger partial charge in [-0.25, -0.2) is 9.59 Å². The summed E-state index contributed by atoms with van der Waals surface area (Å²) in [5.74, 6) is -0.411. The topological polar surface area (TPSA) is 119 Å². The van der Waals surface area contributed by atoms with Gasteiger partial charge in [0.2, 0.25) is 6.79 Å². The molecule has 0 amide bonds. The lowest BCUT2D eigenvalue weighted by atomic mass is 9.91. The minimum atomic E-state index is -1.23. The molecule has 2 aliphatic rings. The fourth-order valence-electron chi connectivity index (χ4n) is 2.74. The lowest BCUT2D eigenvalue weighted by Crippen LogP contribution is -2.35. The van der Waals surface area contributed by atoms with E-state index < -0.39 is 26.0 Å². The quantitative estimate of drug-likeness (QED) is 0.428. The van der Waals surface area contributed by atoms with Crippen LogP contribution < -0.4 is 14.1 Å². The van der Waals surface area contributed by atoms with Gasteiger partial charge in [-0.15, -0.1) is 0 Å². The monoisotopic (exact) mass is 396 g/mol. The molecule has 0 saturated carbocycles. The van der Waals surface area contributed by atoms with Gasteiger partial charge in [0.15, 0.2) is 11.5 Å². The molecule has 0 aliphatic carbocycles. The number of carbonyl (C=O) groups excluding carboxylic acids is 2. The fraction of sp³-hybridized carbons (Fsp3) is 0.529. The standard InChI is InChI=1S/C17H21BO10/c1-2-23-12-3-4-13-15(28-18(21)9-24-13)14(12)16(19)25-10-26-17(20)27-11-5-7-22-8-6-11/h3-4,11,21H,2,5-10H2,1H3. The Morgan fingerprint density at radius 2 is 2.04 bits per heavy atom. The van der Waals surface area contributed by atoms with Crippen LogP contribution in [0.5, 0.6) is 17.2 Å². The second-order valence-electron chi connectivity index (χ2n) is 5.96. The van der Waals surface area contributed by atoms with E-state index in [1.54, 1.807) is 13.0 Å². The summed E-state index contributed by atoms with van der Waals surface area (Å²) in [6.07, 6.45) is -0.0466. The van der Waals surface area contributed by atoms with E-state index >= 15 is 0 Å². The molecule has 1 aromatic rings. The first-order valence-corrected chi connectivity index (χ1v) is 8.94. The number of ether oxygens (including phenoxy) is 6. The number of hydrogen-bond acceptors (Lipinski definition) is 10. The van der Waals surface area contributed by atoms with Crippen LogP contribution in [-0.4, -0.2) is 63.5 Å². The van der Waals surface area contributed by atoms with E-state index in [2.05, 4.69) is 0 Å². The third-order valence-corrected chi connectivity index (χ3v) is 4.02. The van der Waals surface area contributed by atoms with Crippen molar-refractivity contribution in [3.05, 3.63) is 17.7 Å². The van der Waals surface area contributed by atoms with Gasteiger partial charge in [0.1, 0.15) is 23.9 Å². The zero-order valence-corrected chi connectivity index (χ0v) is 15.4. The van der Waals surface area contributed by atoms with Crippen LogP contribution in [0.15, 0.2) is 12.1 Å². The maximum atomic E-state index is 12.5. The van der Waals surface area contributed by atoms with Crippen molar-refractivity contribution in [2.24, 2.45) is 0 Å². The lowest BCUT2D eigenvalue weighted by molar-refractivity contribution is -0.0574. The van der Waals surface area contributed by atoms with Gasteiger partial charge in [-0.05, 0) is 19.1 Å². The molecular formula is C17H21BO10. The van der Waals surface area contributed by atoms with E-state index in [0.29, 0.717) is 26.1 Å². The van der Waals surface area contributed by atoms with E-state index in [1.165, 1.54) is 6.07 Å². The molecule has 0 spiro atoms. The zero-order valence-electron chi connectivity index (χ0n) is 15.4. The number of benzene rings is 1. The third-order valence-electron chi connectivity index (χ3n) is 4.02. The Morgan fingerprint density at radius 3 is 2.79 bits per heavy atom. The Hall–Kier alpha value is -2.66. The molecule has 0 aromatic heterocycles. The van der Waals surface area contributed by atoms with Crippen LogP contribution in [0.3, 0.4) is 0 Å². The summed E-state index contributed by atoms with van der Waals surface area (Å²) in [5, 5.41) is 9.65. The summed E-state index contributed by atoms with van der Waals surface area (Å²) >= 11 is 0. The van der Waals surface area contributed by atoms with Crippen molar-refractivity contribution in [3.63, 3.8) is 0 Å². The predicted octanol–water partition coefficient (Wildman–Crippen LogP) is 1.32. The van der Waals surface area contributed by atoms with Crippen LogP contribution >= 0.6 is 0 Å². The highest BCUT2D eigenvalue weighted by molar-refractivity contribution is 6.44. The van der Waals surface area contributed by atoms with E-state index in [0.717, 1.165) is 0 Å². The Morgan fingerprint density at radius 1 is 1.25 bits per heavy atom. The molecule has 1 N–H and O–H groups in total. The molecular weight excluding hydrogens is 375 g/mol. The molecule has 0 atom stereocenters. The molecule has 28 heavy (non-hydrogen) atoms. The van der Waals surface area contributed by atoms with E-state index in [-0.39, 0.29) is 42.0 Å². The lowest BCUT2D eigenvalue weighted by Gasteiger charge is -2.24. The van der Waals surface area contributed by atoms with Crippen LogP contribution in [0.2, 0.25) is 0 Å². The summed E-state index contributed by atoms with van der Waals surface area (Å²) in [6, 6.07) is 3.09. The Balaban J connectivity index is 1.60. The molecule has 3 rings (SSSR count). The van der Waals surface area contributed by atoms with Gasteiger partial charge in [0, 0.05) is 12.8 Å². The van der Waals surface area contributed by atoms with Gasteiger partial charge in [0.05, 0.1) is 19.8 Å². The first-order valence-electron chi connectivity index (χ1n) is 8.94. The van der Waals surface area contributed by atoms with Gasteiger partial charge in [-0.3, -0.25) is 0 Å². The molecule has 0 radical (unpaired) electrons. The van der Waals surface area contributed by atoms with Crippen molar-refractivity contribution in [3.8, 4) is 17.2 Å². The normalized spacial score (nSPS) is 16.3. The summed E-state index contributed by atoms with van der Waals surface area (Å²) in [4.78, 5) is 24.2. The highest BCUT2D eigenvalue weighted by atomic mass is 16.8. The molecule has 152 valence electrons. The summed E-state index contributed by atoms with van der Waals surface area (Å²) in [5.41, 5.74) is -0.0699. The molecule has 0 bridgehead atoms. The second kappa shape index (κ2) is 9.51. The molecule has 1 saturated heterocycles. The molecule has 2 aliphatic heterocycles. The van der Waals surface area contributed by atoms with Crippen molar-refractivity contribution in [2.75, 3.05) is 33.1 Å².